The molecule has 1 fully saturated rings. The minimum Gasteiger partial charge on any atom is -0.229 e. The maximum Gasteiger partial charge on any atom is 0.147 e. The summed E-state index contributed by atoms with van der Waals surface area (Å²) >= 11 is 0. The third-order valence-electron chi connectivity index (χ3n) is 1.43. The molecule has 1 unspecified atom stereocenters. The van der Waals surface area contributed by atoms with Crippen LogP contribution < -0.4 is 0 Å². The number of hydrogen-bond donors (Lipinski definition) is 0. The van der Waals surface area contributed by atoms with Crippen LogP contribution in [-0.2, 0) is 9.84 Å². The van der Waals surface area contributed by atoms with Crippen molar-refractivity contribution in [3.63, 3.8) is 0 Å². The summed E-state index contributed by atoms with van der Waals surface area (Å²) in [6.45, 7) is 0. The monoisotopic (exact) mass is 147 g/mol. The van der Waals surface area contributed by atoms with Crippen LogP contribution in [0.4, 0.5) is 0 Å². The lowest BCUT2D eigenvalue weighted by molar-refractivity contribution is 0.597. The third-order valence-corrected chi connectivity index (χ3v) is 2.41. The Morgan fingerprint density at radius 2 is 2.22 bits per heavy atom. The van der Waals surface area contributed by atoms with Gasteiger partial charge in [0.2, 0.25) is 0 Å². The molecule has 1 radical (unpaired) electrons. The maximum atomic E-state index is 10.5. The van der Waals surface area contributed by atoms with E-state index in [-0.39, 0.29) is 0 Å². The normalized spacial score (nSPS) is 20.1. The van der Waals surface area contributed by atoms with Crippen molar-refractivity contribution in [2.75, 3.05) is 12.0 Å². The van der Waals surface area contributed by atoms with Gasteiger partial charge >= 0.3 is 0 Å². The molecule has 0 amide bonds. The van der Waals surface area contributed by atoms with Crippen molar-refractivity contribution in [2.45, 2.75) is 12.8 Å². The zero-order chi connectivity index (χ0) is 6.91. The molecule has 0 aromatic rings. The molecule has 0 aliphatic heterocycles. The highest BCUT2D eigenvalue weighted by Crippen LogP contribution is 2.30. The summed E-state index contributed by atoms with van der Waals surface area (Å²) in [7, 11) is -2.70. The minimum atomic E-state index is -2.70. The lowest BCUT2D eigenvalue weighted by Crippen LogP contribution is -2.02. The van der Waals surface area contributed by atoms with Gasteiger partial charge in [-0.1, -0.05) is 0 Å². The van der Waals surface area contributed by atoms with Gasteiger partial charge < -0.3 is 0 Å². The first-order valence-electron chi connectivity index (χ1n) is 3.09. The Balaban J connectivity index is 2.18. The van der Waals surface area contributed by atoms with E-state index in [1.165, 1.54) is 6.26 Å². The summed E-state index contributed by atoms with van der Waals surface area (Å²) in [6.07, 6.45) is 5.38. The summed E-state index contributed by atoms with van der Waals surface area (Å²) in [6, 6.07) is 0. The molecular weight excluding hydrogens is 136 g/mol. The number of rotatable bonds is 3. The molecule has 0 heterocycles. The Kier molecular flexibility index (Phi) is 1.80. The first-order valence-corrected chi connectivity index (χ1v) is 5.15. The first-order chi connectivity index (χ1) is 4.08. The molecule has 1 atom stereocenters. The SMILES string of the molecule is CS(=O)(=O)CCC1[CH]C1. The van der Waals surface area contributed by atoms with Gasteiger partial charge in [0.25, 0.3) is 0 Å². The number of hydrogen-bond acceptors (Lipinski definition) is 2. The lowest BCUT2D eigenvalue weighted by Gasteiger charge is -1.92. The zero-order valence-corrected chi connectivity index (χ0v) is 6.32. The molecular formula is C6H11O2S. The summed E-state index contributed by atoms with van der Waals surface area (Å²) in [4.78, 5) is 0. The van der Waals surface area contributed by atoms with Gasteiger partial charge in [0, 0.05) is 6.26 Å². The van der Waals surface area contributed by atoms with Crippen molar-refractivity contribution >= 4 is 9.84 Å². The Labute approximate surface area is 56.2 Å². The second-order valence-electron chi connectivity index (χ2n) is 2.65. The Morgan fingerprint density at radius 1 is 1.67 bits per heavy atom. The maximum absolute atomic E-state index is 10.5. The van der Waals surface area contributed by atoms with E-state index in [0.29, 0.717) is 11.7 Å². The van der Waals surface area contributed by atoms with Gasteiger partial charge in [-0.25, -0.2) is 8.42 Å². The van der Waals surface area contributed by atoms with Crippen LogP contribution in [-0.4, -0.2) is 20.4 Å². The molecule has 2 nitrogen and oxygen atoms in total. The van der Waals surface area contributed by atoms with Crippen LogP contribution in [0.2, 0.25) is 0 Å². The molecule has 0 saturated heterocycles. The molecule has 0 N–H and O–H groups in total. The first kappa shape index (κ1) is 7.06. The van der Waals surface area contributed by atoms with E-state index in [1.807, 2.05) is 0 Å². The zero-order valence-electron chi connectivity index (χ0n) is 5.50. The molecule has 53 valence electrons. The molecule has 1 rings (SSSR count). The van der Waals surface area contributed by atoms with Gasteiger partial charge in [-0.15, -0.1) is 0 Å². The van der Waals surface area contributed by atoms with E-state index < -0.39 is 9.84 Å². The highest BCUT2D eigenvalue weighted by molar-refractivity contribution is 7.90. The van der Waals surface area contributed by atoms with Gasteiger partial charge in [-0.2, -0.15) is 0 Å². The van der Waals surface area contributed by atoms with Crippen LogP contribution in [0.25, 0.3) is 0 Å². The van der Waals surface area contributed by atoms with Crippen molar-refractivity contribution in [2.24, 2.45) is 5.92 Å². The molecule has 1 aliphatic rings. The summed E-state index contributed by atoms with van der Waals surface area (Å²) in [5, 5.41) is 0. The van der Waals surface area contributed by atoms with Crippen molar-refractivity contribution in [3.8, 4) is 0 Å². The topological polar surface area (TPSA) is 34.1 Å². The van der Waals surface area contributed by atoms with Crippen LogP contribution in [0.5, 0.6) is 0 Å². The molecule has 0 aromatic heterocycles. The fourth-order valence-corrected chi connectivity index (χ4v) is 1.43. The average Bonchev–Trinajstić information content (AvgIpc) is 2.38. The quantitative estimate of drug-likeness (QED) is 0.587. The van der Waals surface area contributed by atoms with Crippen molar-refractivity contribution in [1.82, 2.24) is 0 Å². The third kappa shape index (κ3) is 3.51. The molecule has 1 saturated carbocycles. The minimum absolute atomic E-state index is 0.355. The molecule has 0 bridgehead atoms. The van der Waals surface area contributed by atoms with Gasteiger partial charge in [0.15, 0.2) is 0 Å². The molecule has 0 aromatic carbocycles. The van der Waals surface area contributed by atoms with Crippen molar-refractivity contribution < 1.29 is 8.42 Å². The summed E-state index contributed by atoms with van der Waals surface area (Å²) in [5.41, 5.74) is 0. The largest absolute Gasteiger partial charge is 0.229 e. The van der Waals surface area contributed by atoms with E-state index in [2.05, 4.69) is 6.42 Å². The Hall–Kier alpha value is -0.0500. The fourth-order valence-electron chi connectivity index (χ4n) is 0.697. The smallest absolute Gasteiger partial charge is 0.147 e. The van der Waals surface area contributed by atoms with Gasteiger partial charge in [0.05, 0.1) is 5.75 Å². The molecule has 0 spiro atoms. The predicted octanol–water partition coefficient (Wildman–Crippen LogP) is 0.645. The highest BCUT2D eigenvalue weighted by Gasteiger charge is 2.22. The second kappa shape index (κ2) is 2.29. The van der Waals surface area contributed by atoms with Crippen LogP contribution in [0.1, 0.15) is 12.8 Å². The molecule has 9 heavy (non-hydrogen) atoms. The van der Waals surface area contributed by atoms with E-state index in [9.17, 15) is 8.42 Å². The van der Waals surface area contributed by atoms with E-state index in [1.54, 1.807) is 0 Å². The Bertz CT molecular complexity index is 177. The van der Waals surface area contributed by atoms with Gasteiger partial charge in [0.1, 0.15) is 9.84 Å². The van der Waals surface area contributed by atoms with E-state index in [4.69, 9.17) is 0 Å². The summed E-state index contributed by atoms with van der Waals surface area (Å²) in [5.74, 6) is 0.966. The van der Waals surface area contributed by atoms with Gasteiger partial charge in [-0.3, -0.25) is 0 Å². The molecule has 1 aliphatic carbocycles. The van der Waals surface area contributed by atoms with E-state index in [0.717, 1.165) is 12.8 Å². The fraction of sp³-hybridized carbons (Fsp3) is 0.833. The lowest BCUT2D eigenvalue weighted by atomic mass is 10.3. The average molecular weight is 147 g/mol. The van der Waals surface area contributed by atoms with Crippen LogP contribution in [0, 0.1) is 12.3 Å². The predicted molar refractivity (Wildman–Crippen MR) is 36.7 cm³/mol. The van der Waals surface area contributed by atoms with Crippen LogP contribution >= 0.6 is 0 Å². The van der Waals surface area contributed by atoms with Crippen molar-refractivity contribution in [1.29, 1.82) is 0 Å². The standard InChI is InChI=1S/C6H11O2S/c1-9(7,8)5-4-6-2-3-6/h2,6H,3-5H2,1H3. The number of sulfone groups is 1. The van der Waals surface area contributed by atoms with Crippen LogP contribution in [0.15, 0.2) is 0 Å². The second-order valence-corrected chi connectivity index (χ2v) is 4.91. The molecule has 3 heteroatoms. The Morgan fingerprint density at radius 3 is 2.56 bits per heavy atom. The summed E-state index contributed by atoms with van der Waals surface area (Å²) < 4.78 is 21.1. The van der Waals surface area contributed by atoms with Gasteiger partial charge in [-0.05, 0) is 25.2 Å². The van der Waals surface area contributed by atoms with Crippen LogP contribution in [0.3, 0.4) is 0 Å². The van der Waals surface area contributed by atoms with E-state index >= 15 is 0 Å². The highest BCUT2D eigenvalue weighted by atomic mass is 32.2. The van der Waals surface area contributed by atoms with Crippen molar-refractivity contribution in [3.05, 3.63) is 6.42 Å².